The first-order chi connectivity index (χ1) is 7.00. The topological polar surface area (TPSA) is 94.1 Å². The predicted octanol–water partition coefficient (Wildman–Crippen LogP) is 0.901. The van der Waals surface area contributed by atoms with Gasteiger partial charge >= 0.3 is 19.5 Å². The fourth-order valence-corrected chi connectivity index (χ4v) is 2.04. The van der Waals surface area contributed by atoms with Gasteiger partial charge in [0.25, 0.3) is 5.90 Å². The summed E-state index contributed by atoms with van der Waals surface area (Å²) in [6, 6.07) is -0.825. The molecule has 1 rings (SSSR count). The number of hydrogen-bond donors (Lipinski definition) is 1. The Balaban J connectivity index is 2.76. The number of hydrogen-bond acceptors (Lipinski definition) is 5. The van der Waals surface area contributed by atoms with E-state index in [0.717, 1.165) is 0 Å². The van der Waals surface area contributed by atoms with Crippen LogP contribution in [0.15, 0.2) is 4.99 Å². The van der Waals surface area contributed by atoms with E-state index < -0.39 is 25.4 Å². The Kier molecular flexibility index (Phi) is 3.60. The average molecular weight is 234 g/mol. The number of carbonyl (C=O) groups excluding carboxylic acids is 2. The number of imide groups is 1. The zero-order chi connectivity index (χ0) is 11.5. The van der Waals surface area contributed by atoms with Crippen molar-refractivity contribution in [3.8, 4) is 0 Å². The first-order valence-electron chi connectivity index (χ1n) is 4.38. The zero-order valence-corrected chi connectivity index (χ0v) is 9.24. The monoisotopic (exact) mass is 234 g/mol. The molecule has 8 heteroatoms. The molecule has 0 fully saturated rings. The molecule has 0 saturated heterocycles. The molecule has 84 valence electrons. The summed E-state index contributed by atoms with van der Waals surface area (Å²) < 4.78 is 21.5. The minimum absolute atomic E-state index is 0.0985. The molecule has 1 atom stereocenters. The summed E-state index contributed by atoms with van der Waals surface area (Å²) in [5.41, 5.74) is 0. The van der Waals surface area contributed by atoms with Crippen LogP contribution in [0.1, 0.15) is 13.8 Å². The Labute approximate surface area is 86.4 Å². The van der Waals surface area contributed by atoms with Gasteiger partial charge in [0.2, 0.25) is 0 Å². The van der Waals surface area contributed by atoms with Crippen molar-refractivity contribution in [1.82, 2.24) is 5.32 Å². The van der Waals surface area contributed by atoms with Crippen LogP contribution >= 0.6 is 7.60 Å². The molecule has 0 radical (unpaired) electrons. The zero-order valence-electron chi connectivity index (χ0n) is 8.35. The van der Waals surface area contributed by atoms with Crippen molar-refractivity contribution < 1.29 is 23.2 Å². The van der Waals surface area contributed by atoms with Crippen molar-refractivity contribution in [3.05, 3.63) is 0 Å². The molecule has 1 unspecified atom stereocenters. The molecule has 0 aromatic rings. The molecule has 1 aliphatic heterocycles. The smallest absolute Gasteiger partial charge is 0.380 e. The van der Waals surface area contributed by atoms with E-state index in [0.29, 0.717) is 0 Å². The number of rotatable bonds is 4. The third-order valence-corrected chi connectivity index (χ3v) is 3.43. The highest BCUT2D eigenvalue weighted by atomic mass is 31.2. The Bertz CT molecular complexity index is 364. The van der Waals surface area contributed by atoms with E-state index >= 15 is 0 Å². The minimum atomic E-state index is -3.36. The van der Waals surface area contributed by atoms with Crippen LogP contribution in [0.5, 0.6) is 0 Å². The summed E-state index contributed by atoms with van der Waals surface area (Å²) in [4.78, 5) is 24.9. The third kappa shape index (κ3) is 2.87. The van der Waals surface area contributed by atoms with Gasteiger partial charge in [-0.05, 0) is 6.92 Å². The van der Waals surface area contributed by atoms with Crippen molar-refractivity contribution in [2.24, 2.45) is 4.99 Å². The van der Waals surface area contributed by atoms with Crippen LogP contribution in [0.2, 0.25) is 0 Å². The van der Waals surface area contributed by atoms with E-state index in [-0.39, 0.29) is 12.8 Å². The van der Waals surface area contributed by atoms with E-state index in [9.17, 15) is 14.2 Å². The number of nitrogens with one attached hydrogen (secondary N) is 1. The number of carbonyl (C=O) groups is 2. The van der Waals surface area contributed by atoms with Crippen molar-refractivity contribution in [3.63, 3.8) is 0 Å². The summed E-state index contributed by atoms with van der Waals surface area (Å²) in [7, 11) is -3.36. The lowest BCUT2D eigenvalue weighted by Crippen LogP contribution is -2.26. The molecular weight excluding hydrogens is 223 g/mol. The molecule has 0 bridgehead atoms. The fraction of sp³-hybridized carbons (Fsp3) is 0.571. The maximum Gasteiger partial charge on any atom is 0.380 e. The van der Waals surface area contributed by atoms with Gasteiger partial charge in [-0.15, -0.1) is 0 Å². The van der Waals surface area contributed by atoms with Crippen LogP contribution in [0.25, 0.3) is 0 Å². The minimum Gasteiger partial charge on any atom is -0.400 e. The van der Waals surface area contributed by atoms with Gasteiger partial charge in [0.1, 0.15) is 0 Å². The molecule has 0 saturated carbocycles. The molecule has 1 heterocycles. The van der Waals surface area contributed by atoms with Gasteiger partial charge < -0.3 is 9.05 Å². The van der Waals surface area contributed by atoms with E-state index in [1.54, 1.807) is 13.8 Å². The van der Waals surface area contributed by atoms with Crippen LogP contribution in [-0.2, 0) is 18.4 Å². The van der Waals surface area contributed by atoms with E-state index in [4.69, 9.17) is 9.05 Å². The Morgan fingerprint density at radius 2 is 2.07 bits per heavy atom. The Morgan fingerprint density at radius 3 is 2.47 bits per heavy atom. The normalized spacial score (nSPS) is 19.5. The van der Waals surface area contributed by atoms with Crippen LogP contribution in [0, 0.1) is 0 Å². The number of nitrogens with zero attached hydrogens (tertiary/aromatic N) is 1. The maximum absolute atomic E-state index is 11.8. The Morgan fingerprint density at radius 1 is 1.40 bits per heavy atom. The second kappa shape index (κ2) is 4.55. The van der Waals surface area contributed by atoms with E-state index in [1.807, 2.05) is 5.32 Å². The van der Waals surface area contributed by atoms with Gasteiger partial charge in [-0.25, -0.2) is 9.36 Å². The van der Waals surface area contributed by atoms with Gasteiger partial charge in [-0.1, -0.05) is 6.92 Å². The molecule has 0 spiro atoms. The summed E-state index contributed by atoms with van der Waals surface area (Å²) in [6.07, 6.45) is 0.0985. The Hall–Kier alpha value is -1.20. The van der Waals surface area contributed by atoms with E-state index in [1.165, 1.54) is 0 Å². The number of amides is 3. The van der Waals surface area contributed by atoms with Crippen molar-refractivity contribution in [2.75, 3.05) is 12.8 Å². The van der Waals surface area contributed by atoms with Gasteiger partial charge in [-0.3, -0.25) is 10.1 Å². The number of urea groups is 1. The summed E-state index contributed by atoms with van der Waals surface area (Å²) >= 11 is 0. The second-order valence-electron chi connectivity index (χ2n) is 2.61. The molecule has 1 aliphatic rings. The van der Waals surface area contributed by atoms with Crippen molar-refractivity contribution >= 4 is 25.4 Å². The highest BCUT2D eigenvalue weighted by Crippen LogP contribution is 2.47. The standard InChI is InChI=1S/C7H11N2O5P/c1-3-13-15(12,4-2)14-6-5(10)8-7(11)9-6/h3-4H2,1-2H3,(H,8,10,11). The van der Waals surface area contributed by atoms with Crippen LogP contribution in [-0.4, -0.2) is 30.6 Å². The van der Waals surface area contributed by atoms with Gasteiger partial charge in [0, 0.05) is 0 Å². The SMILES string of the molecule is CCOP(=O)(CC)OC1=NC(=O)NC1=O. The largest absolute Gasteiger partial charge is 0.400 e. The number of aliphatic imine (C=N–C) groups is 1. The summed E-state index contributed by atoms with van der Waals surface area (Å²) in [5, 5.41) is 1.87. The first-order valence-corrected chi connectivity index (χ1v) is 6.10. The van der Waals surface area contributed by atoms with Crippen LogP contribution in [0.4, 0.5) is 4.79 Å². The summed E-state index contributed by atoms with van der Waals surface area (Å²) in [5.74, 6) is -1.30. The van der Waals surface area contributed by atoms with Crippen LogP contribution < -0.4 is 5.32 Å². The first kappa shape index (κ1) is 11.9. The van der Waals surface area contributed by atoms with Gasteiger partial charge in [-0.2, -0.15) is 4.99 Å². The van der Waals surface area contributed by atoms with Gasteiger partial charge in [0.15, 0.2) is 0 Å². The fourth-order valence-electron chi connectivity index (χ4n) is 0.894. The average Bonchev–Trinajstić information content (AvgIpc) is 2.45. The molecule has 7 nitrogen and oxygen atoms in total. The molecule has 15 heavy (non-hydrogen) atoms. The lowest BCUT2D eigenvalue weighted by molar-refractivity contribution is -0.114. The van der Waals surface area contributed by atoms with Gasteiger partial charge in [0.05, 0.1) is 12.8 Å². The van der Waals surface area contributed by atoms with Crippen molar-refractivity contribution in [2.45, 2.75) is 13.8 Å². The third-order valence-electron chi connectivity index (χ3n) is 1.56. The maximum atomic E-state index is 11.8. The van der Waals surface area contributed by atoms with E-state index in [2.05, 4.69) is 4.99 Å². The van der Waals surface area contributed by atoms with Crippen molar-refractivity contribution in [1.29, 1.82) is 0 Å². The molecule has 1 N–H and O–H groups in total. The highest BCUT2D eigenvalue weighted by molar-refractivity contribution is 7.54. The second-order valence-corrected chi connectivity index (χ2v) is 4.91. The quantitative estimate of drug-likeness (QED) is 0.729. The summed E-state index contributed by atoms with van der Waals surface area (Å²) in [6.45, 7) is 3.42. The van der Waals surface area contributed by atoms with Crippen LogP contribution in [0.3, 0.4) is 0 Å². The predicted molar refractivity (Wildman–Crippen MR) is 51.8 cm³/mol. The molecule has 0 aromatic carbocycles. The molecule has 0 aliphatic carbocycles. The highest BCUT2D eigenvalue weighted by Gasteiger charge is 2.32. The molecule has 0 aromatic heterocycles. The molecule has 3 amide bonds. The lowest BCUT2D eigenvalue weighted by atomic mass is 10.6. The molecular formula is C7H11N2O5P. The lowest BCUT2D eigenvalue weighted by Gasteiger charge is -2.15.